The highest BCUT2D eigenvalue weighted by Crippen LogP contribution is 2.42. The molecule has 256 valence electrons. The summed E-state index contributed by atoms with van der Waals surface area (Å²) in [6.45, 7) is 3.64. The highest BCUT2D eigenvalue weighted by atomic mass is 19.4. The maximum atomic E-state index is 13.6. The number of alkyl halides is 9. The first kappa shape index (κ1) is 34.4. The number of anilines is 1. The Kier molecular flexibility index (Phi) is 9.18. The van der Waals surface area contributed by atoms with Gasteiger partial charge in [-0.3, -0.25) is 9.58 Å². The molecule has 1 aliphatic carbocycles. The van der Waals surface area contributed by atoms with Gasteiger partial charge in [0.1, 0.15) is 11.9 Å². The van der Waals surface area contributed by atoms with Crippen LogP contribution in [0.15, 0.2) is 36.5 Å². The van der Waals surface area contributed by atoms with Gasteiger partial charge in [-0.1, -0.05) is 19.3 Å². The molecule has 16 heteroatoms. The van der Waals surface area contributed by atoms with Gasteiger partial charge in [-0.25, -0.2) is 9.78 Å². The molecule has 0 bridgehead atoms. The van der Waals surface area contributed by atoms with Crippen molar-refractivity contribution in [3.8, 4) is 11.3 Å². The molecule has 1 amide bonds. The van der Waals surface area contributed by atoms with Crippen LogP contribution in [0.4, 0.5) is 50.1 Å². The lowest BCUT2D eigenvalue weighted by Crippen LogP contribution is -2.39. The first-order chi connectivity index (χ1) is 21.9. The predicted molar refractivity (Wildman–Crippen MR) is 152 cm³/mol. The van der Waals surface area contributed by atoms with Gasteiger partial charge in [0.2, 0.25) is 0 Å². The molecular weight excluding hydrogens is 645 g/mol. The van der Waals surface area contributed by atoms with E-state index in [-0.39, 0.29) is 29.9 Å². The molecule has 0 N–H and O–H groups in total. The van der Waals surface area contributed by atoms with Crippen LogP contribution in [0.2, 0.25) is 0 Å². The van der Waals surface area contributed by atoms with E-state index in [2.05, 4.69) is 15.0 Å². The van der Waals surface area contributed by atoms with Gasteiger partial charge in [-0.05, 0) is 62.6 Å². The van der Waals surface area contributed by atoms with E-state index in [1.54, 1.807) is 6.07 Å². The van der Waals surface area contributed by atoms with Crippen molar-refractivity contribution >= 4 is 11.9 Å². The molecule has 0 unspecified atom stereocenters. The Hall–Kier alpha value is -3.98. The van der Waals surface area contributed by atoms with Crippen LogP contribution in [-0.2, 0) is 36.9 Å². The molecule has 2 fully saturated rings. The lowest BCUT2D eigenvalue weighted by molar-refractivity contribution is -0.143. The summed E-state index contributed by atoms with van der Waals surface area (Å²) in [4.78, 5) is 21.1. The van der Waals surface area contributed by atoms with Crippen molar-refractivity contribution in [2.75, 3.05) is 11.4 Å². The molecule has 1 aliphatic heterocycles. The fraction of sp³-hybridized carbons (Fsp3) is 0.516. The molecule has 3 aromatic rings. The molecule has 47 heavy (non-hydrogen) atoms. The monoisotopic (exact) mass is 677 g/mol. The van der Waals surface area contributed by atoms with Gasteiger partial charge in [0.25, 0.3) is 0 Å². The van der Waals surface area contributed by atoms with Crippen LogP contribution in [-0.4, -0.2) is 44.4 Å². The standard InChI is InChI=1S/C31H32F9N5O2/c1-4-44(23-8-6-5-7-9-23)27-20(10-19(15-41-27)24-14-25(31(38,39)40)42-43(24)3)16-45-17(2)26(47-28(45)46)18-11-21(29(32,33)34)13-22(12-18)30(35,36)37/h10-15,17,23,26H,4-9,16H2,1-3H3/t17-,26-/m0/s1. The van der Waals surface area contributed by atoms with Crippen molar-refractivity contribution in [1.82, 2.24) is 19.7 Å². The number of carbonyl (C=O) groups excluding carboxylic acids is 1. The minimum absolute atomic E-state index is 0.000608. The van der Waals surface area contributed by atoms with Crippen molar-refractivity contribution in [2.45, 2.75) is 89.2 Å². The Labute approximate surface area is 264 Å². The summed E-state index contributed by atoms with van der Waals surface area (Å²) >= 11 is 0. The van der Waals surface area contributed by atoms with E-state index in [1.807, 2.05) is 6.92 Å². The number of aryl methyl sites for hydroxylation is 1. The molecule has 5 rings (SSSR count). The predicted octanol–water partition coefficient (Wildman–Crippen LogP) is 8.78. The zero-order chi connectivity index (χ0) is 34.5. The summed E-state index contributed by atoms with van der Waals surface area (Å²) in [6.07, 6.45) is -11.2. The van der Waals surface area contributed by atoms with Crippen LogP contribution in [0.25, 0.3) is 11.3 Å². The average Bonchev–Trinajstić information content (AvgIpc) is 3.53. The van der Waals surface area contributed by atoms with E-state index in [9.17, 15) is 44.3 Å². The van der Waals surface area contributed by atoms with Crippen molar-refractivity contribution in [3.63, 3.8) is 0 Å². The number of nitrogens with zero attached hydrogens (tertiary/aromatic N) is 5. The van der Waals surface area contributed by atoms with Gasteiger partial charge >= 0.3 is 24.6 Å². The number of hydrogen-bond acceptors (Lipinski definition) is 5. The van der Waals surface area contributed by atoms with Gasteiger partial charge in [0.05, 0.1) is 29.4 Å². The highest BCUT2D eigenvalue weighted by molar-refractivity contribution is 5.72. The summed E-state index contributed by atoms with van der Waals surface area (Å²) in [5, 5.41) is 3.56. The topological polar surface area (TPSA) is 63.5 Å². The Bertz CT molecular complexity index is 1580. The summed E-state index contributed by atoms with van der Waals surface area (Å²) in [5.74, 6) is 0.461. The second-order valence-electron chi connectivity index (χ2n) is 11.8. The van der Waals surface area contributed by atoms with E-state index in [0.717, 1.165) is 42.9 Å². The van der Waals surface area contributed by atoms with Crippen LogP contribution in [0.1, 0.15) is 80.0 Å². The van der Waals surface area contributed by atoms with Crippen molar-refractivity contribution in [2.24, 2.45) is 7.05 Å². The van der Waals surface area contributed by atoms with E-state index >= 15 is 0 Å². The third-order valence-corrected chi connectivity index (χ3v) is 8.71. The number of pyridine rings is 1. The van der Waals surface area contributed by atoms with Crippen LogP contribution in [0.3, 0.4) is 0 Å². The molecule has 1 saturated heterocycles. The fourth-order valence-corrected chi connectivity index (χ4v) is 6.35. The van der Waals surface area contributed by atoms with E-state index < -0.39 is 59.2 Å². The lowest BCUT2D eigenvalue weighted by atomic mass is 9.93. The normalized spacial score (nSPS) is 19.7. The summed E-state index contributed by atoms with van der Waals surface area (Å²) in [5.41, 5.74) is -3.90. The first-order valence-corrected chi connectivity index (χ1v) is 15.0. The zero-order valence-corrected chi connectivity index (χ0v) is 25.6. The summed E-state index contributed by atoms with van der Waals surface area (Å²) < 4.78 is 128. The smallest absolute Gasteiger partial charge is 0.435 e. The second-order valence-corrected chi connectivity index (χ2v) is 11.8. The third kappa shape index (κ3) is 7.15. The van der Waals surface area contributed by atoms with Crippen LogP contribution < -0.4 is 4.90 Å². The maximum absolute atomic E-state index is 13.6. The first-order valence-electron chi connectivity index (χ1n) is 15.0. The van der Waals surface area contributed by atoms with Crippen molar-refractivity contribution in [1.29, 1.82) is 0 Å². The Morgan fingerprint density at radius 3 is 2.04 bits per heavy atom. The molecule has 2 aliphatic rings. The van der Waals surface area contributed by atoms with E-state index in [0.29, 0.717) is 30.1 Å². The second kappa shape index (κ2) is 12.6. The zero-order valence-electron chi connectivity index (χ0n) is 25.6. The molecular formula is C31H32F9N5O2. The number of hydrogen-bond donors (Lipinski definition) is 0. The summed E-state index contributed by atoms with van der Waals surface area (Å²) in [7, 11) is 1.34. The minimum atomic E-state index is -5.09. The van der Waals surface area contributed by atoms with E-state index in [4.69, 9.17) is 4.74 Å². The third-order valence-electron chi connectivity index (χ3n) is 8.71. The van der Waals surface area contributed by atoms with Gasteiger partial charge in [-0.15, -0.1) is 0 Å². The fourth-order valence-electron chi connectivity index (χ4n) is 6.35. The van der Waals surface area contributed by atoms with Gasteiger partial charge in [0, 0.05) is 37.0 Å². The Morgan fingerprint density at radius 2 is 1.51 bits per heavy atom. The number of ether oxygens (including phenoxy) is 1. The van der Waals surface area contributed by atoms with Crippen molar-refractivity contribution in [3.05, 3.63) is 64.5 Å². The van der Waals surface area contributed by atoms with Crippen LogP contribution in [0, 0.1) is 0 Å². The SMILES string of the molecule is CCN(c1ncc(-c2cc(C(F)(F)F)nn2C)cc1CN1C(=O)O[C@H](c2cc(C(F)(F)F)cc(C(F)(F)F)c2)[C@@H]1C)C1CCCCC1. The number of benzene rings is 1. The van der Waals surface area contributed by atoms with Crippen LogP contribution in [0.5, 0.6) is 0 Å². The number of cyclic esters (lactones) is 1. The quantitative estimate of drug-likeness (QED) is 0.234. The number of rotatable bonds is 7. The van der Waals surface area contributed by atoms with Gasteiger partial charge in [0.15, 0.2) is 5.69 Å². The largest absolute Gasteiger partial charge is 0.439 e. The number of carbonyl (C=O) groups is 1. The molecule has 0 radical (unpaired) electrons. The average molecular weight is 678 g/mol. The number of amides is 1. The molecule has 2 aromatic heterocycles. The van der Waals surface area contributed by atoms with Gasteiger partial charge in [-0.2, -0.15) is 44.6 Å². The molecule has 2 atom stereocenters. The van der Waals surface area contributed by atoms with Gasteiger partial charge < -0.3 is 9.64 Å². The molecule has 7 nitrogen and oxygen atoms in total. The maximum Gasteiger partial charge on any atom is 0.435 e. The number of aromatic nitrogens is 3. The Morgan fingerprint density at radius 1 is 0.894 bits per heavy atom. The number of halogens is 9. The highest BCUT2D eigenvalue weighted by Gasteiger charge is 2.44. The summed E-state index contributed by atoms with van der Waals surface area (Å²) in [6, 6.07) is 2.58. The minimum Gasteiger partial charge on any atom is -0.439 e. The lowest BCUT2D eigenvalue weighted by Gasteiger charge is -2.36. The van der Waals surface area contributed by atoms with Crippen molar-refractivity contribution < 1.29 is 49.0 Å². The molecule has 0 spiro atoms. The van der Waals surface area contributed by atoms with E-state index in [1.165, 1.54) is 25.1 Å². The molecule has 1 saturated carbocycles. The van der Waals surface area contributed by atoms with Crippen LogP contribution >= 0.6 is 0 Å². The molecule has 1 aromatic carbocycles. The molecule has 3 heterocycles. The Balaban J connectivity index is 1.55.